The molecule has 0 atom stereocenters. The summed E-state index contributed by atoms with van der Waals surface area (Å²) >= 11 is 0. The molecule has 1 aliphatic carbocycles. The minimum absolute atomic E-state index is 0.0144. The number of allylic oxidation sites excluding steroid dienone is 1. The van der Waals surface area contributed by atoms with Crippen molar-refractivity contribution in [1.82, 2.24) is 0 Å². The summed E-state index contributed by atoms with van der Waals surface area (Å²) in [7, 11) is 0. The van der Waals surface area contributed by atoms with Crippen LogP contribution in [-0.4, -0.2) is 11.8 Å². The Balaban J connectivity index is 1.98. The fourth-order valence-electron chi connectivity index (χ4n) is 3.33. The van der Waals surface area contributed by atoms with E-state index in [1.165, 1.54) is 6.92 Å². The Bertz CT molecular complexity index is 1030. The van der Waals surface area contributed by atoms with Gasteiger partial charge in [-0.3, -0.25) is 9.59 Å². The fraction of sp³-hybridized carbons (Fsp3) is 0.0435. The highest BCUT2D eigenvalue weighted by Gasteiger charge is 2.31. The number of hydrogen-bond acceptors (Lipinski definition) is 3. The standard InChI is InChI=1S/C23H16O3/c1-15(24)26-18-12-13-19-20(14-18)21(16-8-4-2-5-9-16)22(23(19)25)17-10-6-3-7-11-17/h2-14H,1H3. The molecule has 1 aliphatic rings. The molecule has 0 saturated heterocycles. The first-order valence-corrected chi connectivity index (χ1v) is 8.38. The Labute approximate surface area is 151 Å². The highest BCUT2D eigenvalue weighted by molar-refractivity contribution is 6.41. The number of benzene rings is 3. The average Bonchev–Trinajstić information content (AvgIpc) is 2.95. The molecule has 0 fully saturated rings. The highest BCUT2D eigenvalue weighted by atomic mass is 16.5. The second-order valence-electron chi connectivity index (χ2n) is 6.11. The monoisotopic (exact) mass is 340 g/mol. The van der Waals surface area contributed by atoms with Crippen molar-refractivity contribution in [2.75, 3.05) is 0 Å². The Kier molecular flexibility index (Phi) is 3.98. The SMILES string of the molecule is CC(=O)Oc1ccc2c(c1)C(c1ccccc1)=C(c1ccccc1)C2=O. The van der Waals surface area contributed by atoms with Crippen LogP contribution in [0.25, 0.3) is 11.1 Å². The van der Waals surface area contributed by atoms with Crippen LogP contribution in [0.5, 0.6) is 5.75 Å². The van der Waals surface area contributed by atoms with Gasteiger partial charge in [-0.05, 0) is 34.9 Å². The summed E-state index contributed by atoms with van der Waals surface area (Å²) in [6.07, 6.45) is 0. The zero-order chi connectivity index (χ0) is 18.1. The Morgan fingerprint density at radius 3 is 1.88 bits per heavy atom. The lowest BCUT2D eigenvalue weighted by molar-refractivity contribution is -0.131. The number of ether oxygens (including phenoxy) is 1. The molecule has 0 aromatic heterocycles. The lowest BCUT2D eigenvalue weighted by Crippen LogP contribution is -2.02. The van der Waals surface area contributed by atoms with E-state index in [4.69, 9.17) is 4.74 Å². The van der Waals surface area contributed by atoms with E-state index in [0.717, 1.165) is 22.3 Å². The van der Waals surface area contributed by atoms with Crippen LogP contribution >= 0.6 is 0 Å². The van der Waals surface area contributed by atoms with Gasteiger partial charge in [0.1, 0.15) is 5.75 Å². The van der Waals surface area contributed by atoms with Gasteiger partial charge in [-0.2, -0.15) is 0 Å². The molecular formula is C23H16O3. The number of esters is 1. The largest absolute Gasteiger partial charge is 0.427 e. The highest BCUT2D eigenvalue weighted by Crippen LogP contribution is 2.43. The first-order valence-electron chi connectivity index (χ1n) is 8.38. The van der Waals surface area contributed by atoms with E-state index in [1.807, 2.05) is 60.7 Å². The molecular weight excluding hydrogens is 324 g/mol. The predicted molar refractivity (Wildman–Crippen MR) is 101 cm³/mol. The van der Waals surface area contributed by atoms with E-state index in [-0.39, 0.29) is 11.8 Å². The van der Waals surface area contributed by atoms with Crippen LogP contribution in [0.4, 0.5) is 0 Å². The van der Waals surface area contributed by atoms with Crippen molar-refractivity contribution in [2.24, 2.45) is 0 Å². The van der Waals surface area contributed by atoms with Gasteiger partial charge < -0.3 is 4.74 Å². The Hall–Kier alpha value is -3.46. The number of carbonyl (C=O) groups is 2. The zero-order valence-corrected chi connectivity index (χ0v) is 14.2. The van der Waals surface area contributed by atoms with Crippen molar-refractivity contribution < 1.29 is 14.3 Å². The molecule has 26 heavy (non-hydrogen) atoms. The van der Waals surface area contributed by atoms with E-state index in [0.29, 0.717) is 16.9 Å². The van der Waals surface area contributed by atoms with Crippen molar-refractivity contribution in [3.8, 4) is 5.75 Å². The van der Waals surface area contributed by atoms with Gasteiger partial charge in [0, 0.05) is 23.6 Å². The van der Waals surface area contributed by atoms with Crippen molar-refractivity contribution >= 4 is 22.9 Å². The van der Waals surface area contributed by atoms with Gasteiger partial charge in [0.15, 0.2) is 5.78 Å². The fourth-order valence-corrected chi connectivity index (χ4v) is 3.33. The molecule has 0 bridgehead atoms. The third kappa shape index (κ3) is 2.74. The van der Waals surface area contributed by atoms with Crippen LogP contribution in [0, 0.1) is 0 Å². The van der Waals surface area contributed by atoms with Gasteiger partial charge in [0.25, 0.3) is 0 Å². The van der Waals surface area contributed by atoms with Crippen LogP contribution in [-0.2, 0) is 4.79 Å². The number of hydrogen-bond donors (Lipinski definition) is 0. The van der Waals surface area contributed by atoms with E-state index in [9.17, 15) is 9.59 Å². The van der Waals surface area contributed by atoms with Crippen LogP contribution < -0.4 is 4.74 Å². The average molecular weight is 340 g/mol. The summed E-state index contributed by atoms with van der Waals surface area (Å²) in [5.74, 6) is 0.0361. The van der Waals surface area contributed by atoms with Gasteiger partial charge in [0.2, 0.25) is 0 Å². The molecule has 0 amide bonds. The van der Waals surface area contributed by atoms with E-state index < -0.39 is 0 Å². The summed E-state index contributed by atoms with van der Waals surface area (Å²) in [5, 5.41) is 0. The topological polar surface area (TPSA) is 43.4 Å². The van der Waals surface area contributed by atoms with Crippen molar-refractivity contribution in [3.05, 3.63) is 101 Å². The molecule has 0 N–H and O–H groups in total. The third-order valence-corrected chi connectivity index (χ3v) is 4.37. The summed E-state index contributed by atoms with van der Waals surface area (Å²) in [6.45, 7) is 1.36. The van der Waals surface area contributed by atoms with Crippen molar-refractivity contribution in [1.29, 1.82) is 0 Å². The van der Waals surface area contributed by atoms with Crippen LogP contribution in [0.1, 0.15) is 34.0 Å². The maximum atomic E-state index is 13.1. The van der Waals surface area contributed by atoms with Gasteiger partial charge in [-0.15, -0.1) is 0 Å². The van der Waals surface area contributed by atoms with Crippen LogP contribution in [0.2, 0.25) is 0 Å². The van der Waals surface area contributed by atoms with Crippen LogP contribution in [0.3, 0.4) is 0 Å². The maximum absolute atomic E-state index is 13.1. The molecule has 3 aromatic carbocycles. The van der Waals surface area contributed by atoms with Crippen molar-refractivity contribution in [2.45, 2.75) is 6.92 Å². The smallest absolute Gasteiger partial charge is 0.308 e. The molecule has 0 aliphatic heterocycles. The number of fused-ring (bicyclic) bond motifs is 1. The lowest BCUT2D eigenvalue weighted by atomic mass is 9.94. The predicted octanol–water partition coefficient (Wildman–Crippen LogP) is 4.77. The second-order valence-corrected chi connectivity index (χ2v) is 6.11. The zero-order valence-electron chi connectivity index (χ0n) is 14.2. The number of ketones is 1. The summed E-state index contributed by atoms with van der Waals surface area (Å²) in [6, 6.07) is 24.6. The van der Waals surface area contributed by atoms with E-state index in [2.05, 4.69) is 0 Å². The van der Waals surface area contributed by atoms with Crippen LogP contribution in [0.15, 0.2) is 78.9 Å². The molecule has 4 rings (SSSR count). The molecule has 0 saturated carbocycles. The maximum Gasteiger partial charge on any atom is 0.308 e. The second kappa shape index (κ2) is 6.45. The first kappa shape index (κ1) is 16.0. The summed E-state index contributed by atoms with van der Waals surface area (Å²) in [4.78, 5) is 24.5. The molecule has 0 unspecified atom stereocenters. The Morgan fingerprint density at radius 2 is 1.31 bits per heavy atom. The molecule has 0 radical (unpaired) electrons. The third-order valence-electron chi connectivity index (χ3n) is 4.37. The minimum Gasteiger partial charge on any atom is -0.427 e. The first-order chi connectivity index (χ1) is 12.6. The summed E-state index contributed by atoms with van der Waals surface area (Å²) in [5.41, 5.74) is 4.79. The van der Waals surface area contributed by atoms with E-state index >= 15 is 0 Å². The number of carbonyl (C=O) groups excluding carboxylic acids is 2. The van der Waals surface area contributed by atoms with E-state index in [1.54, 1.807) is 18.2 Å². The molecule has 3 aromatic rings. The van der Waals surface area contributed by atoms with Gasteiger partial charge in [-0.25, -0.2) is 0 Å². The lowest BCUT2D eigenvalue weighted by Gasteiger charge is -2.09. The van der Waals surface area contributed by atoms with Crippen molar-refractivity contribution in [3.63, 3.8) is 0 Å². The van der Waals surface area contributed by atoms with Gasteiger partial charge >= 0.3 is 5.97 Å². The normalized spacial score (nSPS) is 12.9. The molecule has 0 spiro atoms. The number of rotatable bonds is 3. The molecule has 0 heterocycles. The Morgan fingerprint density at radius 1 is 0.731 bits per heavy atom. The quantitative estimate of drug-likeness (QED) is 0.510. The molecule has 3 heteroatoms. The molecule has 3 nitrogen and oxygen atoms in total. The number of Topliss-reactive ketones (excluding diaryl/α,β-unsaturated/α-hetero) is 1. The van der Waals surface area contributed by atoms with Gasteiger partial charge in [0.05, 0.1) is 0 Å². The van der Waals surface area contributed by atoms with Gasteiger partial charge in [-0.1, -0.05) is 60.7 Å². The summed E-state index contributed by atoms with van der Waals surface area (Å²) < 4.78 is 5.23. The molecule has 126 valence electrons. The minimum atomic E-state index is -0.386.